The minimum atomic E-state index is -4.63. The fourth-order valence-corrected chi connectivity index (χ4v) is 3.45. The van der Waals surface area contributed by atoms with Gasteiger partial charge >= 0.3 is 6.18 Å². The van der Waals surface area contributed by atoms with E-state index in [9.17, 15) is 31.5 Å². The zero-order valence-electron chi connectivity index (χ0n) is 16.8. The van der Waals surface area contributed by atoms with Crippen molar-refractivity contribution in [3.63, 3.8) is 0 Å². The zero-order chi connectivity index (χ0) is 23.8. The summed E-state index contributed by atoms with van der Waals surface area (Å²) in [5.41, 5.74) is -2.06. The van der Waals surface area contributed by atoms with Crippen molar-refractivity contribution in [3.8, 4) is 5.69 Å². The van der Waals surface area contributed by atoms with Crippen LogP contribution in [-0.4, -0.2) is 10.5 Å². The number of rotatable bonds is 4. The van der Waals surface area contributed by atoms with Gasteiger partial charge in [0, 0.05) is 17.8 Å². The van der Waals surface area contributed by atoms with Crippen molar-refractivity contribution in [2.45, 2.75) is 12.7 Å². The van der Waals surface area contributed by atoms with E-state index in [1.807, 2.05) is 0 Å². The fourth-order valence-electron chi connectivity index (χ4n) is 3.45. The number of nitrogens with one attached hydrogen (secondary N) is 1. The van der Waals surface area contributed by atoms with E-state index in [4.69, 9.17) is 0 Å². The highest BCUT2D eigenvalue weighted by Crippen LogP contribution is 2.30. The second-order valence-electron chi connectivity index (χ2n) is 7.22. The molecule has 33 heavy (non-hydrogen) atoms. The van der Waals surface area contributed by atoms with Crippen LogP contribution in [0.5, 0.6) is 0 Å². The Morgan fingerprint density at radius 1 is 0.909 bits per heavy atom. The number of carbonyl (C=O) groups excluding carboxylic acids is 1. The number of pyridine rings is 1. The molecule has 4 nitrogen and oxygen atoms in total. The van der Waals surface area contributed by atoms with Crippen molar-refractivity contribution in [1.29, 1.82) is 0 Å². The second-order valence-corrected chi connectivity index (χ2v) is 7.22. The van der Waals surface area contributed by atoms with Crippen LogP contribution in [0, 0.1) is 11.6 Å². The summed E-state index contributed by atoms with van der Waals surface area (Å²) in [6.07, 6.45) is -4.63. The molecule has 4 rings (SSSR count). The first-order valence-electron chi connectivity index (χ1n) is 9.70. The molecule has 1 N–H and O–H groups in total. The Hall–Kier alpha value is -4.01. The van der Waals surface area contributed by atoms with Gasteiger partial charge in [-0.05, 0) is 53.9 Å². The molecule has 0 atom stereocenters. The van der Waals surface area contributed by atoms with Crippen molar-refractivity contribution in [3.05, 3.63) is 111 Å². The smallest absolute Gasteiger partial charge is 0.348 e. The largest absolute Gasteiger partial charge is 0.416 e. The number of alkyl halides is 3. The van der Waals surface area contributed by atoms with Crippen molar-refractivity contribution >= 4 is 16.8 Å². The van der Waals surface area contributed by atoms with E-state index in [1.54, 1.807) is 24.3 Å². The van der Waals surface area contributed by atoms with E-state index in [0.29, 0.717) is 10.9 Å². The van der Waals surface area contributed by atoms with E-state index in [-0.39, 0.29) is 16.8 Å². The summed E-state index contributed by atoms with van der Waals surface area (Å²) in [6.45, 7) is -0.391. The maximum atomic E-state index is 13.9. The lowest BCUT2D eigenvalue weighted by Crippen LogP contribution is -2.32. The van der Waals surface area contributed by atoms with Crippen LogP contribution in [0.1, 0.15) is 21.5 Å². The summed E-state index contributed by atoms with van der Waals surface area (Å²) in [6, 6.07) is 14.6. The molecule has 1 heterocycles. The summed E-state index contributed by atoms with van der Waals surface area (Å²) < 4.78 is 67.9. The predicted molar refractivity (Wildman–Crippen MR) is 112 cm³/mol. The quantitative estimate of drug-likeness (QED) is 0.427. The summed E-state index contributed by atoms with van der Waals surface area (Å²) in [5.74, 6) is -2.31. The first kappa shape index (κ1) is 22.2. The van der Waals surface area contributed by atoms with Gasteiger partial charge in [-0.25, -0.2) is 8.78 Å². The Morgan fingerprint density at radius 3 is 2.42 bits per heavy atom. The molecule has 0 spiro atoms. The maximum absolute atomic E-state index is 13.9. The first-order valence-corrected chi connectivity index (χ1v) is 9.70. The zero-order valence-corrected chi connectivity index (χ0v) is 16.8. The third-order valence-electron chi connectivity index (χ3n) is 5.03. The molecule has 3 aromatic carbocycles. The summed E-state index contributed by atoms with van der Waals surface area (Å²) in [5, 5.41) is 2.79. The standard InChI is InChI=1S/C24H15F5N2O2/c25-17-8-9-20(26)15(10-17)13-30-22(32)19-11-14-4-1-2-7-21(14)31(23(19)33)18-6-3-5-16(12-18)24(27,28)29/h1-12H,13H2,(H,30,32). The molecule has 4 aromatic rings. The molecule has 1 amide bonds. The molecule has 0 radical (unpaired) electrons. The second kappa shape index (κ2) is 8.50. The summed E-state index contributed by atoms with van der Waals surface area (Å²) in [4.78, 5) is 26.0. The van der Waals surface area contributed by atoms with Crippen LogP contribution in [0.4, 0.5) is 22.0 Å². The molecule has 0 aliphatic heterocycles. The van der Waals surface area contributed by atoms with Crippen molar-refractivity contribution < 1.29 is 26.7 Å². The van der Waals surface area contributed by atoms with Crippen molar-refractivity contribution in [1.82, 2.24) is 9.88 Å². The van der Waals surface area contributed by atoms with Crippen LogP contribution in [0.3, 0.4) is 0 Å². The van der Waals surface area contributed by atoms with Gasteiger partial charge < -0.3 is 5.32 Å². The van der Waals surface area contributed by atoms with Crippen LogP contribution >= 0.6 is 0 Å². The first-order chi connectivity index (χ1) is 15.6. The van der Waals surface area contributed by atoms with Crippen LogP contribution in [-0.2, 0) is 12.7 Å². The summed E-state index contributed by atoms with van der Waals surface area (Å²) in [7, 11) is 0. The lowest BCUT2D eigenvalue weighted by atomic mass is 10.1. The molecule has 0 fully saturated rings. The van der Waals surface area contributed by atoms with Gasteiger partial charge in [0.25, 0.3) is 11.5 Å². The molecule has 0 saturated carbocycles. The fraction of sp³-hybridized carbons (Fsp3) is 0.0833. The minimum Gasteiger partial charge on any atom is -0.348 e. The molecule has 0 unspecified atom stereocenters. The Kier molecular flexibility index (Phi) is 5.71. The van der Waals surface area contributed by atoms with E-state index < -0.39 is 41.4 Å². The monoisotopic (exact) mass is 458 g/mol. The van der Waals surface area contributed by atoms with Crippen molar-refractivity contribution in [2.24, 2.45) is 0 Å². The van der Waals surface area contributed by atoms with E-state index in [1.165, 1.54) is 18.2 Å². The molecule has 0 aliphatic rings. The van der Waals surface area contributed by atoms with E-state index in [2.05, 4.69) is 5.32 Å². The average Bonchev–Trinajstić information content (AvgIpc) is 2.78. The number of carbonyl (C=O) groups is 1. The number of benzene rings is 3. The van der Waals surface area contributed by atoms with Gasteiger partial charge in [-0.3, -0.25) is 14.2 Å². The maximum Gasteiger partial charge on any atom is 0.416 e. The van der Waals surface area contributed by atoms with E-state index in [0.717, 1.165) is 34.9 Å². The number of halogens is 5. The average molecular weight is 458 g/mol. The van der Waals surface area contributed by atoms with Gasteiger partial charge in [-0.1, -0.05) is 24.3 Å². The molecule has 0 saturated heterocycles. The highest BCUT2D eigenvalue weighted by Gasteiger charge is 2.31. The third-order valence-corrected chi connectivity index (χ3v) is 5.03. The van der Waals surface area contributed by atoms with Gasteiger partial charge in [0.2, 0.25) is 0 Å². The number of nitrogens with zero attached hydrogens (tertiary/aromatic N) is 1. The van der Waals surface area contributed by atoms with Crippen LogP contribution in [0.25, 0.3) is 16.6 Å². The van der Waals surface area contributed by atoms with Gasteiger partial charge in [0.05, 0.1) is 11.1 Å². The van der Waals surface area contributed by atoms with Gasteiger partial charge in [0.15, 0.2) is 0 Å². The Balaban J connectivity index is 1.80. The summed E-state index contributed by atoms with van der Waals surface area (Å²) >= 11 is 0. The molecule has 0 aliphatic carbocycles. The number of para-hydroxylation sites is 1. The van der Waals surface area contributed by atoms with Gasteiger partial charge in [-0.2, -0.15) is 13.2 Å². The Morgan fingerprint density at radius 2 is 1.67 bits per heavy atom. The number of fused-ring (bicyclic) bond motifs is 1. The normalized spacial score (nSPS) is 11.5. The van der Waals surface area contributed by atoms with Crippen molar-refractivity contribution in [2.75, 3.05) is 0 Å². The third kappa shape index (κ3) is 4.48. The molecular weight excluding hydrogens is 443 g/mol. The number of hydrogen-bond acceptors (Lipinski definition) is 2. The van der Waals surface area contributed by atoms with Crippen LogP contribution < -0.4 is 10.9 Å². The topological polar surface area (TPSA) is 51.1 Å². The molecule has 1 aromatic heterocycles. The lowest BCUT2D eigenvalue weighted by Gasteiger charge is -2.15. The number of amides is 1. The highest BCUT2D eigenvalue weighted by molar-refractivity contribution is 5.97. The molecule has 9 heteroatoms. The van der Waals surface area contributed by atoms with Crippen LogP contribution in [0.2, 0.25) is 0 Å². The lowest BCUT2D eigenvalue weighted by molar-refractivity contribution is -0.137. The van der Waals surface area contributed by atoms with Gasteiger partial charge in [-0.15, -0.1) is 0 Å². The highest BCUT2D eigenvalue weighted by atomic mass is 19.4. The Labute approximate surface area is 183 Å². The van der Waals surface area contributed by atoms with E-state index >= 15 is 0 Å². The molecular formula is C24H15F5N2O2. The predicted octanol–water partition coefficient (Wildman–Crippen LogP) is 5.22. The molecule has 0 bridgehead atoms. The van der Waals surface area contributed by atoms with Crippen LogP contribution in [0.15, 0.2) is 77.6 Å². The van der Waals surface area contributed by atoms with Gasteiger partial charge in [0.1, 0.15) is 17.2 Å². The number of aromatic nitrogens is 1. The SMILES string of the molecule is O=C(NCc1cc(F)ccc1F)c1cc2ccccc2n(-c2cccc(C(F)(F)F)c2)c1=O. The minimum absolute atomic E-state index is 0.0724. The Bertz CT molecular complexity index is 1430. The molecule has 168 valence electrons. The number of hydrogen-bond donors (Lipinski definition) is 1.